The van der Waals surface area contributed by atoms with E-state index in [1.54, 1.807) is 11.1 Å². The van der Waals surface area contributed by atoms with Crippen LogP contribution in [0.15, 0.2) is 6.20 Å². The quantitative estimate of drug-likeness (QED) is 0.640. The van der Waals surface area contributed by atoms with Gasteiger partial charge in [-0.05, 0) is 0 Å². The Morgan fingerprint density at radius 1 is 1.52 bits per heavy atom. The van der Waals surface area contributed by atoms with Crippen LogP contribution in [0.3, 0.4) is 0 Å². The number of amides is 2. The molecule has 2 heterocycles. The molecule has 2 N–H and O–H groups in total. The number of H-pyrrole nitrogens is 1. The molecule has 2 amide bonds. The van der Waals surface area contributed by atoms with Crippen LogP contribution in [0.1, 0.15) is 44.2 Å². The molecule has 1 aromatic rings. The number of methoxy groups -OCH3 is 1. The van der Waals surface area contributed by atoms with Gasteiger partial charge in [0.05, 0.1) is 7.11 Å². The topological polar surface area (TPSA) is 87.3 Å². The fraction of sp³-hybridized carbons (Fsp3) is 0.500. The van der Waals surface area contributed by atoms with Gasteiger partial charge in [-0.3, -0.25) is 0 Å². The second-order valence-electron chi connectivity index (χ2n) is 6.10. The Bertz CT molecular complexity index is 735. The summed E-state index contributed by atoms with van der Waals surface area (Å²) in [6, 6.07) is -0.845. The van der Waals surface area contributed by atoms with Crippen molar-refractivity contribution in [3.63, 3.8) is 0 Å². The molecule has 7 nitrogen and oxygen atoms in total. The van der Waals surface area contributed by atoms with Gasteiger partial charge in [-0.15, -0.1) is 0 Å². The number of hydrogen-bond donors (Lipinski definition) is 2. The van der Waals surface area contributed by atoms with Crippen molar-refractivity contribution in [3.8, 4) is 17.8 Å². The molecule has 1 fully saturated rings. The van der Waals surface area contributed by atoms with E-state index < -0.39 is 12.1 Å². The number of nitrogens with zero attached hydrogens (tertiary/aromatic N) is 2. The second-order valence-corrected chi connectivity index (χ2v) is 6.10. The Hall–Kier alpha value is -2.71. The third kappa shape index (κ3) is 4.43. The van der Waals surface area contributed by atoms with Gasteiger partial charge < -0.3 is 4.74 Å². The number of aromatic amines is 1. The molecule has 0 radical (unpaired) electrons. The van der Waals surface area contributed by atoms with Crippen molar-refractivity contribution >= 4 is 12.0 Å². The number of aromatic nitrogens is 2. The van der Waals surface area contributed by atoms with Crippen LogP contribution in [0.25, 0.3) is 0 Å². The number of ether oxygens (including phenoxy) is 1. The molecule has 7 heteroatoms. The average molecular weight is 341 g/mol. The fourth-order valence-corrected chi connectivity index (χ4v) is 2.86. The summed E-state index contributed by atoms with van der Waals surface area (Å²) in [5, 5.41) is 2.61. The Balaban J connectivity index is 2.19. The molecule has 0 bridgehead atoms. The summed E-state index contributed by atoms with van der Waals surface area (Å²) in [4.78, 5) is 33.6. The summed E-state index contributed by atoms with van der Waals surface area (Å²) in [7, 11) is 1.27. The van der Waals surface area contributed by atoms with Crippen LogP contribution >= 0.6 is 0 Å². The third-order valence-corrected chi connectivity index (χ3v) is 4.10. The maximum absolute atomic E-state index is 13.0. The van der Waals surface area contributed by atoms with E-state index in [9.17, 15) is 9.59 Å². The fourth-order valence-electron chi connectivity index (χ4n) is 2.86. The van der Waals surface area contributed by atoms with Gasteiger partial charge in [-0.2, -0.15) is 0 Å². The SMILES string of the molecule is [C+]#CC#Cc1cnc([C@@H]2CCCN2C(=O)[C@@H](NC(=O)OC)C(C)C)[nH]1. The molecular formula is C18H21N4O3+. The van der Waals surface area contributed by atoms with E-state index >= 15 is 0 Å². The first-order valence-electron chi connectivity index (χ1n) is 8.10. The predicted molar refractivity (Wildman–Crippen MR) is 90.5 cm³/mol. The Morgan fingerprint density at radius 2 is 2.28 bits per heavy atom. The van der Waals surface area contributed by atoms with E-state index in [0.717, 1.165) is 12.8 Å². The van der Waals surface area contributed by atoms with E-state index in [-0.39, 0.29) is 17.9 Å². The second kappa shape index (κ2) is 8.41. The summed E-state index contributed by atoms with van der Waals surface area (Å²) < 4.78 is 4.62. The number of rotatable bonds is 4. The van der Waals surface area contributed by atoms with E-state index in [2.05, 4.69) is 31.9 Å². The van der Waals surface area contributed by atoms with Gasteiger partial charge in [0, 0.05) is 0 Å². The van der Waals surface area contributed by atoms with Gasteiger partial charge in [0.2, 0.25) is 0 Å². The summed E-state index contributed by atoms with van der Waals surface area (Å²) in [5.74, 6) is 7.55. The van der Waals surface area contributed by atoms with Gasteiger partial charge in [-0.1, -0.05) is 0 Å². The molecule has 2 rings (SSSR count). The number of nitrogens with one attached hydrogen (secondary N) is 2. The Kier molecular flexibility index (Phi) is 6.26. The van der Waals surface area contributed by atoms with E-state index in [0.29, 0.717) is 18.1 Å². The van der Waals surface area contributed by atoms with Crippen molar-refractivity contribution in [2.45, 2.75) is 38.8 Å². The third-order valence-electron chi connectivity index (χ3n) is 4.10. The van der Waals surface area contributed by atoms with Crippen LogP contribution in [-0.4, -0.2) is 46.6 Å². The maximum atomic E-state index is 13.0. The van der Waals surface area contributed by atoms with Crippen LogP contribution in [0.2, 0.25) is 0 Å². The molecule has 1 aliphatic rings. The van der Waals surface area contributed by atoms with Crippen molar-refractivity contribution in [2.75, 3.05) is 13.7 Å². The molecule has 1 aliphatic heterocycles. The normalized spacial score (nSPS) is 17.5. The molecule has 0 spiro atoms. The van der Waals surface area contributed by atoms with Crippen LogP contribution in [0, 0.1) is 30.1 Å². The molecule has 25 heavy (non-hydrogen) atoms. The van der Waals surface area contributed by atoms with Crippen molar-refractivity contribution < 1.29 is 14.3 Å². The minimum absolute atomic E-state index is 0.0750. The Morgan fingerprint density at radius 3 is 2.92 bits per heavy atom. The molecule has 1 saturated heterocycles. The zero-order valence-corrected chi connectivity index (χ0v) is 14.5. The summed E-state index contributed by atoms with van der Waals surface area (Å²) >= 11 is 0. The number of alkyl carbamates (subject to hydrolysis) is 1. The van der Waals surface area contributed by atoms with E-state index in [1.165, 1.54) is 7.11 Å². The van der Waals surface area contributed by atoms with Crippen molar-refractivity contribution in [1.29, 1.82) is 0 Å². The van der Waals surface area contributed by atoms with Gasteiger partial charge in [0.1, 0.15) is 0 Å². The van der Waals surface area contributed by atoms with E-state index in [1.807, 2.05) is 19.8 Å². The predicted octanol–water partition coefficient (Wildman–Crippen LogP) is 1.40. The molecule has 0 aromatic carbocycles. The zero-order chi connectivity index (χ0) is 18.4. The molecule has 0 aliphatic carbocycles. The number of likely N-dealkylation sites (tertiary alicyclic amines) is 1. The number of carbonyl (C=O) groups is 2. The van der Waals surface area contributed by atoms with E-state index in [4.69, 9.17) is 6.42 Å². The van der Waals surface area contributed by atoms with Crippen LogP contribution < -0.4 is 5.32 Å². The van der Waals surface area contributed by atoms with Gasteiger partial charge >= 0.3 is 130 Å². The summed E-state index contributed by atoms with van der Waals surface area (Å²) in [6.07, 6.45) is 9.41. The van der Waals surface area contributed by atoms with Gasteiger partial charge in [-0.25, -0.2) is 4.79 Å². The Labute approximate surface area is 147 Å². The number of hydrogen-bond acceptors (Lipinski definition) is 4. The first-order valence-corrected chi connectivity index (χ1v) is 8.10. The first-order chi connectivity index (χ1) is 12.0. The molecule has 0 unspecified atom stereocenters. The van der Waals surface area contributed by atoms with Crippen LogP contribution in [0.4, 0.5) is 4.79 Å². The molecular weight excluding hydrogens is 320 g/mol. The van der Waals surface area contributed by atoms with Crippen molar-refractivity contribution in [2.24, 2.45) is 5.92 Å². The minimum atomic E-state index is -0.658. The van der Waals surface area contributed by atoms with Crippen LogP contribution in [-0.2, 0) is 9.53 Å². The summed E-state index contributed by atoms with van der Waals surface area (Å²) in [5.41, 5.74) is 0.571. The van der Waals surface area contributed by atoms with Crippen molar-refractivity contribution in [3.05, 3.63) is 24.1 Å². The van der Waals surface area contributed by atoms with Crippen LogP contribution in [0.5, 0.6) is 0 Å². The average Bonchev–Trinajstić information content (AvgIpc) is 3.25. The zero-order valence-electron chi connectivity index (χ0n) is 14.5. The standard InChI is InChI=1S/C18H20N4O3/c1-5-6-8-13-11-19-16(20-13)14-9-7-10-22(14)17(23)15(12(2)3)21-18(24)25-4/h11-12,14-15H,7,9-10H2,2-4H3,(H-,19,20,21,24)/p+1/t14-,15-/m0/s1. The molecule has 0 saturated carbocycles. The van der Waals surface area contributed by atoms with Crippen molar-refractivity contribution in [1.82, 2.24) is 20.2 Å². The van der Waals surface area contributed by atoms with Gasteiger partial charge in [0.25, 0.3) is 0 Å². The first kappa shape index (κ1) is 18.6. The number of imidazole rings is 1. The molecule has 2 atom stereocenters. The monoisotopic (exact) mass is 341 g/mol. The summed E-state index contributed by atoms with van der Waals surface area (Å²) in [6.45, 7) is 4.35. The molecule has 130 valence electrons. The van der Waals surface area contributed by atoms with Gasteiger partial charge in [0.15, 0.2) is 0 Å². The molecule has 1 aromatic heterocycles. The number of carbonyl (C=O) groups excluding carboxylic acids is 2.